The molecule has 0 aliphatic heterocycles. The van der Waals surface area contributed by atoms with E-state index >= 15 is 0 Å². The molecule has 0 unspecified atom stereocenters. The first-order valence-electron chi connectivity index (χ1n) is 5.95. The second kappa shape index (κ2) is 4.69. The summed E-state index contributed by atoms with van der Waals surface area (Å²) in [5.74, 6) is 0.463. The van der Waals surface area contributed by atoms with Crippen LogP contribution in [0.2, 0.25) is 0 Å². The molecule has 1 heterocycles. The van der Waals surface area contributed by atoms with Gasteiger partial charge in [0.15, 0.2) is 0 Å². The number of primary sulfonamides is 1. The number of rotatable bonds is 3. The molecule has 7 heteroatoms. The van der Waals surface area contributed by atoms with Gasteiger partial charge in [0.2, 0.25) is 0 Å². The van der Waals surface area contributed by atoms with Gasteiger partial charge in [-0.05, 0) is 16.3 Å². The second-order valence-corrected chi connectivity index (χ2v) is 5.88. The van der Waals surface area contributed by atoms with E-state index in [-0.39, 0.29) is 5.16 Å². The van der Waals surface area contributed by atoms with Crippen LogP contribution in [0, 0.1) is 0 Å². The van der Waals surface area contributed by atoms with Crippen molar-refractivity contribution < 1.29 is 8.42 Å². The minimum atomic E-state index is -3.87. The topological polar surface area (TPSA) is 102 Å². The molecule has 3 N–H and O–H groups in total. The van der Waals surface area contributed by atoms with E-state index in [1.807, 2.05) is 42.5 Å². The zero-order valence-corrected chi connectivity index (χ0v) is 11.3. The third kappa shape index (κ3) is 2.40. The highest BCUT2D eigenvalue weighted by Gasteiger charge is 2.15. The number of aromatic nitrogens is 3. The first-order valence-corrected chi connectivity index (χ1v) is 7.49. The lowest BCUT2D eigenvalue weighted by Crippen LogP contribution is -2.14. The maximum atomic E-state index is 11.1. The first kappa shape index (κ1) is 12.8. The number of benzene rings is 2. The smallest absolute Gasteiger partial charge is 0.262 e. The Morgan fingerprint density at radius 2 is 1.85 bits per heavy atom. The Hall–Kier alpha value is -2.25. The molecule has 0 saturated carbocycles. The minimum absolute atomic E-state index is 0.382. The molecule has 0 aliphatic rings. The molecule has 0 spiro atoms. The molecule has 0 radical (unpaired) electrons. The minimum Gasteiger partial charge on any atom is -0.262 e. The molecule has 102 valence electrons. The van der Waals surface area contributed by atoms with Gasteiger partial charge >= 0.3 is 0 Å². The lowest BCUT2D eigenvalue weighted by Gasteiger charge is -2.04. The Balaban J connectivity index is 2.00. The predicted molar refractivity (Wildman–Crippen MR) is 74.5 cm³/mol. The van der Waals surface area contributed by atoms with Crippen molar-refractivity contribution in [3.8, 4) is 0 Å². The molecule has 0 amide bonds. The molecule has 3 aromatic rings. The lowest BCUT2D eigenvalue weighted by atomic mass is 10.0. The summed E-state index contributed by atoms with van der Waals surface area (Å²) in [5, 5.41) is 13.0. The van der Waals surface area contributed by atoms with E-state index in [1.54, 1.807) is 0 Å². The fourth-order valence-electron chi connectivity index (χ4n) is 2.11. The molecule has 0 saturated heterocycles. The van der Waals surface area contributed by atoms with E-state index in [9.17, 15) is 8.42 Å². The Bertz CT molecular complexity index is 865. The van der Waals surface area contributed by atoms with Crippen molar-refractivity contribution in [1.29, 1.82) is 0 Å². The number of hydrogen-bond acceptors (Lipinski definition) is 4. The molecular formula is C13H12N4O2S. The molecule has 2 aromatic carbocycles. The highest BCUT2D eigenvalue weighted by atomic mass is 32.2. The summed E-state index contributed by atoms with van der Waals surface area (Å²) in [6.45, 7) is 0. The number of hydrogen-bond donors (Lipinski definition) is 2. The van der Waals surface area contributed by atoms with E-state index in [0.29, 0.717) is 12.2 Å². The summed E-state index contributed by atoms with van der Waals surface area (Å²) in [5.41, 5.74) is 1.04. The van der Waals surface area contributed by atoms with Crippen LogP contribution in [0.15, 0.2) is 47.6 Å². The molecule has 0 bridgehead atoms. The van der Waals surface area contributed by atoms with Crippen LogP contribution in [0.1, 0.15) is 11.4 Å². The van der Waals surface area contributed by atoms with Gasteiger partial charge in [0.25, 0.3) is 15.2 Å². The number of nitrogens with zero attached hydrogens (tertiary/aromatic N) is 2. The third-order valence-corrected chi connectivity index (χ3v) is 3.70. The maximum Gasteiger partial charge on any atom is 0.282 e. The van der Waals surface area contributed by atoms with E-state index < -0.39 is 10.0 Å². The maximum absolute atomic E-state index is 11.1. The largest absolute Gasteiger partial charge is 0.282 e. The van der Waals surface area contributed by atoms with Gasteiger partial charge in [-0.1, -0.05) is 42.5 Å². The first-order chi connectivity index (χ1) is 9.54. The Morgan fingerprint density at radius 3 is 2.60 bits per heavy atom. The van der Waals surface area contributed by atoms with Crippen molar-refractivity contribution in [3.05, 3.63) is 53.9 Å². The predicted octanol–water partition coefficient (Wildman–Crippen LogP) is 1.20. The number of nitrogens with one attached hydrogen (secondary N) is 1. The fraction of sp³-hybridized carbons (Fsp3) is 0.0769. The van der Waals surface area contributed by atoms with Crippen LogP contribution >= 0.6 is 0 Å². The van der Waals surface area contributed by atoms with Gasteiger partial charge in [-0.15, -0.1) is 5.10 Å². The molecule has 0 aliphatic carbocycles. The van der Waals surface area contributed by atoms with Crippen molar-refractivity contribution in [2.45, 2.75) is 11.6 Å². The van der Waals surface area contributed by atoms with Gasteiger partial charge in [0.1, 0.15) is 5.82 Å². The van der Waals surface area contributed by atoms with Gasteiger partial charge in [-0.2, -0.15) is 0 Å². The standard InChI is InChI=1S/C13H12N4O2S/c14-20(18,19)13-15-12(16-17-13)8-10-6-3-5-9-4-1-2-7-11(9)10/h1-7H,8H2,(H2,14,18,19)(H,15,16,17). The quantitative estimate of drug-likeness (QED) is 0.755. The van der Waals surface area contributed by atoms with E-state index in [0.717, 1.165) is 16.3 Å². The van der Waals surface area contributed by atoms with Crippen molar-refractivity contribution >= 4 is 20.8 Å². The zero-order chi connectivity index (χ0) is 14.2. The average Bonchev–Trinajstić information content (AvgIpc) is 2.88. The van der Waals surface area contributed by atoms with Crippen LogP contribution in [0.25, 0.3) is 10.8 Å². The van der Waals surface area contributed by atoms with Crippen LogP contribution in [-0.2, 0) is 16.4 Å². The number of H-pyrrole nitrogens is 1. The van der Waals surface area contributed by atoms with Crippen LogP contribution < -0.4 is 5.14 Å². The highest BCUT2D eigenvalue weighted by Crippen LogP contribution is 2.20. The van der Waals surface area contributed by atoms with Crippen LogP contribution in [0.3, 0.4) is 0 Å². The molecule has 0 atom stereocenters. The summed E-state index contributed by atoms with van der Waals surface area (Å²) in [4.78, 5) is 3.90. The van der Waals surface area contributed by atoms with Gasteiger partial charge in [0, 0.05) is 6.42 Å². The highest BCUT2D eigenvalue weighted by molar-refractivity contribution is 7.89. The molecule has 3 rings (SSSR count). The van der Waals surface area contributed by atoms with Crippen molar-refractivity contribution in [3.63, 3.8) is 0 Å². The lowest BCUT2D eigenvalue weighted by molar-refractivity contribution is 0.589. The van der Waals surface area contributed by atoms with Crippen LogP contribution in [0.4, 0.5) is 0 Å². The molecule has 1 aromatic heterocycles. The Labute approximate surface area is 115 Å². The van der Waals surface area contributed by atoms with Gasteiger partial charge in [0.05, 0.1) is 0 Å². The van der Waals surface area contributed by atoms with Crippen LogP contribution in [-0.4, -0.2) is 23.6 Å². The summed E-state index contributed by atoms with van der Waals surface area (Å²) in [6.07, 6.45) is 0.462. The summed E-state index contributed by atoms with van der Waals surface area (Å²) >= 11 is 0. The number of nitrogens with two attached hydrogens (primary N) is 1. The SMILES string of the molecule is NS(=O)(=O)c1n[nH]c(Cc2cccc3ccccc23)n1. The number of fused-ring (bicyclic) bond motifs is 1. The molecule has 20 heavy (non-hydrogen) atoms. The van der Waals surface area contributed by atoms with Gasteiger partial charge < -0.3 is 0 Å². The fourth-order valence-corrected chi connectivity index (χ4v) is 2.52. The summed E-state index contributed by atoms with van der Waals surface area (Å²) in [6, 6.07) is 13.9. The monoisotopic (exact) mass is 288 g/mol. The molecular weight excluding hydrogens is 276 g/mol. The van der Waals surface area contributed by atoms with Gasteiger partial charge in [-0.25, -0.2) is 18.5 Å². The summed E-state index contributed by atoms with van der Waals surface area (Å²) < 4.78 is 22.3. The summed E-state index contributed by atoms with van der Waals surface area (Å²) in [7, 11) is -3.87. The molecule has 0 fully saturated rings. The average molecular weight is 288 g/mol. The van der Waals surface area contributed by atoms with E-state index in [2.05, 4.69) is 15.2 Å². The van der Waals surface area contributed by atoms with Crippen molar-refractivity contribution in [2.75, 3.05) is 0 Å². The van der Waals surface area contributed by atoms with E-state index in [4.69, 9.17) is 5.14 Å². The number of aromatic amines is 1. The van der Waals surface area contributed by atoms with Crippen molar-refractivity contribution in [2.24, 2.45) is 5.14 Å². The number of sulfonamides is 1. The Morgan fingerprint density at radius 1 is 1.10 bits per heavy atom. The normalized spacial score (nSPS) is 11.8. The third-order valence-electron chi connectivity index (χ3n) is 3.00. The van der Waals surface area contributed by atoms with Gasteiger partial charge in [-0.3, -0.25) is 5.10 Å². The Kier molecular flexibility index (Phi) is 3.00. The van der Waals surface area contributed by atoms with Crippen molar-refractivity contribution in [1.82, 2.24) is 15.2 Å². The zero-order valence-electron chi connectivity index (χ0n) is 10.4. The van der Waals surface area contributed by atoms with E-state index in [1.165, 1.54) is 0 Å². The molecule has 6 nitrogen and oxygen atoms in total. The van der Waals surface area contributed by atoms with Crippen LogP contribution in [0.5, 0.6) is 0 Å². The second-order valence-electron chi connectivity index (χ2n) is 4.42.